The summed E-state index contributed by atoms with van der Waals surface area (Å²) in [6.07, 6.45) is 3.60. The number of carbonyl (C=O) groups is 2. The molecule has 2 N–H and O–H groups in total. The van der Waals surface area contributed by atoms with Crippen molar-refractivity contribution in [1.29, 1.82) is 0 Å². The van der Waals surface area contributed by atoms with Crippen LogP contribution in [0.1, 0.15) is 36.0 Å². The van der Waals surface area contributed by atoms with Crippen molar-refractivity contribution in [3.63, 3.8) is 0 Å². The van der Waals surface area contributed by atoms with E-state index in [2.05, 4.69) is 0 Å². The first-order valence-corrected chi connectivity index (χ1v) is 6.35. The molecule has 4 nitrogen and oxygen atoms in total. The molecule has 1 saturated heterocycles. The topological polar surface area (TPSA) is 63.4 Å². The van der Waals surface area contributed by atoms with E-state index in [1.54, 1.807) is 17.0 Å². The third kappa shape index (κ3) is 2.70. The minimum absolute atomic E-state index is 0.0960. The van der Waals surface area contributed by atoms with Gasteiger partial charge < -0.3 is 10.6 Å². The number of rotatable bonds is 2. The molecular weight excluding hydrogens is 228 g/mol. The average Bonchev–Trinajstić information content (AvgIpc) is 2.64. The van der Waals surface area contributed by atoms with Crippen molar-refractivity contribution in [2.45, 2.75) is 31.7 Å². The number of nitrogens with two attached hydrogens (primary N) is 1. The minimum atomic E-state index is -0.458. The SMILES string of the molecule is NC(=O)C1CCCCCN1C(=O)c1ccccc1. The lowest BCUT2D eigenvalue weighted by Gasteiger charge is -2.27. The second-order valence-corrected chi connectivity index (χ2v) is 4.63. The van der Waals surface area contributed by atoms with Gasteiger partial charge in [-0.1, -0.05) is 31.0 Å². The zero-order chi connectivity index (χ0) is 13.0. The van der Waals surface area contributed by atoms with Gasteiger partial charge >= 0.3 is 0 Å². The van der Waals surface area contributed by atoms with Gasteiger partial charge in [0.15, 0.2) is 0 Å². The van der Waals surface area contributed by atoms with E-state index in [9.17, 15) is 9.59 Å². The maximum absolute atomic E-state index is 12.4. The van der Waals surface area contributed by atoms with Crippen LogP contribution in [0.5, 0.6) is 0 Å². The Bertz CT molecular complexity index is 431. The summed E-state index contributed by atoms with van der Waals surface area (Å²) in [5, 5.41) is 0. The first-order valence-electron chi connectivity index (χ1n) is 6.35. The fourth-order valence-corrected chi connectivity index (χ4v) is 2.39. The summed E-state index contributed by atoms with van der Waals surface area (Å²) in [7, 11) is 0. The third-order valence-electron chi connectivity index (χ3n) is 3.36. The van der Waals surface area contributed by atoms with Crippen molar-refractivity contribution in [3.05, 3.63) is 35.9 Å². The molecule has 1 aliphatic heterocycles. The number of nitrogens with zero attached hydrogens (tertiary/aromatic N) is 1. The van der Waals surface area contributed by atoms with Crippen LogP contribution in [0.25, 0.3) is 0 Å². The summed E-state index contributed by atoms with van der Waals surface area (Å²) in [6, 6.07) is 8.59. The molecule has 0 aromatic heterocycles. The predicted octanol–water partition coefficient (Wildman–Crippen LogP) is 1.56. The highest BCUT2D eigenvalue weighted by atomic mass is 16.2. The molecule has 1 atom stereocenters. The van der Waals surface area contributed by atoms with Crippen LogP contribution in [-0.2, 0) is 4.79 Å². The summed E-state index contributed by atoms with van der Waals surface area (Å²) < 4.78 is 0. The highest BCUT2D eigenvalue weighted by molar-refractivity contribution is 5.97. The maximum Gasteiger partial charge on any atom is 0.254 e. The van der Waals surface area contributed by atoms with Crippen molar-refractivity contribution in [3.8, 4) is 0 Å². The van der Waals surface area contributed by atoms with Crippen LogP contribution in [0, 0.1) is 0 Å². The quantitative estimate of drug-likeness (QED) is 0.860. The predicted molar refractivity (Wildman–Crippen MR) is 68.9 cm³/mol. The van der Waals surface area contributed by atoms with Crippen LogP contribution in [0.15, 0.2) is 30.3 Å². The molecule has 2 rings (SSSR count). The molecule has 18 heavy (non-hydrogen) atoms. The Morgan fingerprint density at radius 2 is 1.83 bits per heavy atom. The molecule has 1 heterocycles. The fourth-order valence-electron chi connectivity index (χ4n) is 2.39. The zero-order valence-corrected chi connectivity index (χ0v) is 10.3. The summed E-state index contributed by atoms with van der Waals surface area (Å²) in [5.41, 5.74) is 6.03. The van der Waals surface area contributed by atoms with Gasteiger partial charge in [-0.15, -0.1) is 0 Å². The van der Waals surface area contributed by atoms with E-state index < -0.39 is 11.9 Å². The summed E-state index contributed by atoms with van der Waals surface area (Å²) >= 11 is 0. The number of benzene rings is 1. The molecule has 1 aliphatic rings. The molecule has 0 radical (unpaired) electrons. The van der Waals surface area contributed by atoms with E-state index in [-0.39, 0.29) is 5.91 Å². The lowest BCUT2D eigenvalue weighted by Crippen LogP contribution is -2.47. The second kappa shape index (κ2) is 5.67. The summed E-state index contributed by atoms with van der Waals surface area (Å²) in [6.45, 7) is 0.612. The van der Waals surface area contributed by atoms with Gasteiger partial charge in [0.2, 0.25) is 5.91 Å². The molecule has 1 fully saturated rings. The number of hydrogen-bond acceptors (Lipinski definition) is 2. The Labute approximate surface area is 107 Å². The molecule has 0 spiro atoms. The smallest absolute Gasteiger partial charge is 0.254 e. The van der Waals surface area contributed by atoms with Gasteiger partial charge in [0, 0.05) is 12.1 Å². The molecule has 1 unspecified atom stereocenters. The van der Waals surface area contributed by atoms with Crippen LogP contribution in [0.3, 0.4) is 0 Å². The van der Waals surface area contributed by atoms with Gasteiger partial charge in [-0.2, -0.15) is 0 Å². The molecule has 0 saturated carbocycles. The Morgan fingerprint density at radius 3 is 2.50 bits per heavy atom. The first kappa shape index (κ1) is 12.6. The minimum Gasteiger partial charge on any atom is -0.368 e. The van der Waals surface area contributed by atoms with Crippen LogP contribution in [0.4, 0.5) is 0 Å². The zero-order valence-electron chi connectivity index (χ0n) is 10.3. The molecule has 96 valence electrons. The molecule has 0 aliphatic carbocycles. The Balaban J connectivity index is 2.22. The van der Waals surface area contributed by atoms with Crippen molar-refractivity contribution in [2.24, 2.45) is 5.73 Å². The molecule has 1 aromatic rings. The highest BCUT2D eigenvalue weighted by Crippen LogP contribution is 2.19. The number of amides is 2. The largest absolute Gasteiger partial charge is 0.368 e. The molecule has 4 heteroatoms. The van der Waals surface area contributed by atoms with Gasteiger partial charge in [0.05, 0.1) is 0 Å². The van der Waals surface area contributed by atoms with Gasteiger partial charge in [-0.3, -0.25) is 9.59 Å². The van der Waals surface area contributed by atoms with Crippen LogP contribution in [0.2, 0.25) is 0 Å². The number of hydrogen-bond donors (Lipinski definition) is 1. The first-order chi connectivity index (χ1) is 8.70. The normalized spacial score (nSPS) is 20.2. The average molecular weight is 246 g/mol. The van der Waals surface area contributed by atoms with E-state index in [0.717, 1.165) is 19.3 Å². The molecule has 2 amide bonds. The number of carbonyl (C=O) groups excluding carboxylic acids is 2. The van der Waals surface area contributed by atoms with Crippen LogP contribution in [-0.4, -0.2) is 29.3 Å². The lowest BCUT2D eigenvalue weighted by molar-refractivity contribution is -0.122. The van der Waals surface area contributed by atoms with Crippen LogP contribution < -0.4 is 5.73 Å². The lowest BCUT2D eigenvalue weighted by atomic mass is 10.1. The highest BCUT2D eigenvalue weighted by Gasteiger charge is 2.29. The van der Waals surface area contributed by atoms with Gasteiger partial charge in [0.1, 0.15) is 6.04 Å². The summed E-state index contributed by atoms with van der Waals surface area (Å²) in [5.74, 6) is -0.498. The van der Waals surface area contributed by atoms with Crippen molar-refractivity contribution >= 4 is 11.8 Å². The van der Waals surface area contributed by atoms with Crippen molar-refractivity contribution in [2.75, 3.05) is 6.54 Å². The molecular formula is C14H18N2O2. The number of primary amides is 1. The summed E-state index contributed by atoms with van der Waals surface area (Å²) in [4.78, 5) is 25.5. The van der Waals surface area contributed by atoms with Crippen molar-refractivity contribution in [1.82, 2.24) is 4.90 Å². The monoisotopic (exact) mass is 246 g/mol. The van der Waals surface area contributed by atoms with E-state index in [0.29, 0.717) is 18.5 Å². The fraction of sp³-hybridized carbons (Fsp3) is 0.429. The van der Waals surface area contributed by atoms with E-state index in [1.807, 2.05) is 18.2 Å². The maximum atomic E-state index is 12.4. The van der Waals surface area contributed by atoms with Crippen LogP contribution >= 0.6 is 0 Å². The molecule has 0 bridgehead atoms. The van der Waals surface area contributed by atoms with Crippen molar-refractivity contribution < 1.29 is 9.59 Å². The second-order valence-electron chi connectivity index (χ2n) is 4.63. The van der Waals surface area contributed by atoms with E-state index >= 15 is 0 Å². The standard InChI is InChI=1S/C14H18N2O2/c15-13(17)12-9-5-2-6-10-16(12)14(18)11-7-3-1-4-8-11/h1,3-4,7-8,12H,2,5-6,9-10H2,(H2,15,17). The van der Waals surface area contributed by atoms with Gasteiger partial charge in [-0.05, 0) is 25.0 Å². The Hall–Kier alpha value is -1.84. The third-order valence-corrected chi connectivity index (χ3v) is 3.36. The Kier molecular flexibility index (Phi) is 3.97. The van der Waals surface area contributed by atoms with E-state index in [1.165, 1.54) is 0 Å². The van der Waals surface area contributed by atoms with Gasteiger partial charge in [-0.25, -0.2) is 0 Å². The van der Waals surface area contributed by atoms with E-state index in [4.69, 9.17) is 5.73 Å². The molecule has 1 aromatic carbocycles. The number of likely N-dealkylation sites (tertiary alicyclic amines) is 1. The van der Waals surface area contributed by atoms with Gasteiger partial charge in [0.25, 0.3) is 5.91 Å². The Morgan fingerprint density at radius 1 is 1.11 bits per heavy atom.